The van der Waals surface area contributed by atoms with Crippen LogP contribution in [0.2, 0.25) is 0 Å². The first-order valence-electron chi connectivity index (χ1n) is 17.3. The van der Waals surface area contributed by atoms with Gasteiger partial charge in [-0.2, -0.15) is 13.2 Å². The third kappa shape index (κ3) is 8.56. The van der Waals surface area contributed by atoms with Gasteiger partial charge in [-0.15, -0.1) is 11.3 Å². The Balaban J connectivity index is 1.15. The Morgan fingerprint density at radius 2 is 1.67 bits per heavy atom. The second kappa shape index (κ2) is 16.0. The smallest absolute Gasteiger partial charge is 0.379 e. The zero-order chi connectivity index (χ0) is 37.8. The van der Waals surface area contributed by atoms with Crippen molar-refractivity contribution in [1.29, 1.82) is 0 Å². The number of benzene rings is 3. The maximum Gasteiger partial charge on any atom is 0.471 e. The molecule has 2 amide bonds. The maximum atomic E-state index is 14.4. The molecular weight excluding hydrogens is 730 g/mol. The Labute approximate surface area is 311 Å². The van der Waals surface area contributed by atoms with Crippen LogP contribution in [0.3, 0.4) is 0 Å². The summed E-state index contributed by atoms with van der Waals surface area (Å²) in [5, 5.41) is 6.59. The van der Waals surface area contributed by atoms with Crippen LogP contribution in [0.1, 0.15) is 32.9 Å². The average Bonchev–Trinajstić information content (AvgIpc) is 3.59. The molecule has 54 heavy (non-hydrogen) atoms. The fourth-order valence-electron chi connectivity index (χ4n) is 6.43. The number of carbonyl (C=O) groups is 2. The van der Waals surface area contributed by atoms with E-state index in [1.165, 1.54) is 17.4 Å². The van der Waals surface area contributed by atoms with E-state index in [4.69, 9.17) is 14.7 Å². The molecule has 0 bridgehead atoms. The minimum atomic E-state index is -4.95. The summed E-state index contributed by atoms with van der Waals surface area (Å²) in [6.45, 7) is 3.84. The Morgan fingerprint density at radius 1 is 0.889 bits per heavy atom. The van der Waals surface area contributed by atoms with E-state index in [0.717, 1.165) is 58.5 Å². The number of aryl methyl sites for hydroxylation is 1. The van der Waals surface area contributed by atoms with Gasteiger partial charge in [-0.25, -0.2) is 23.7 Å². The lowest BCUT2D eigenvalue weighted by molar-refractivity contribution is -0.186. The number of nitrogens with one attached hydrogen (secondary N) is 2. The predicted octanol–water partition coefficient (Wildman–Crippen LogP) is 7.25. The number of amides is 2. The van der Waals surface area contributed by atoms with E-state index in [1.54, 1.807) is 42.6 Å². The molecule has 2 N–H and O–H groups in total. The number of anilines is 3. The van der Waals surface area contributed by atoms with Crippen LogP contribution < -0.4 is 10.6 Å². The lowest BCUT2D eigenvalue weighted by Crippen LogP contribution is -2.43. The van der Waals surface area contributed by atoms with Crippen LogP contribution in [0.5, 0.6) is 0 Å². The van der Waals surface area contributed by atoms with Crippen LogP contribution in [0, 0.1) is 11.6 Å². The average molecular weight is 764 g/mol. The molecule has 280 valence electrons. The Bertz CT molecular complexity index is 2150. The predicted molar refractivity (Wildman–Crippen MR) is 193 cm³/mol. The number of rotatable bonds is 10. The van der Waals surface area contributed by atoms with Crippen LogP contribution in [-0.2, 0) is 28.9 Å². The summed E-state index contributed by atoms with van der Waals surface area (Å²) in [4.78, 5) is 42.8. The molecule has 10 nitrogen and oxygen atoms in total. The summed E-state index contributed by atoms with van der Waals surface area (Å²) in [7, 11) is 0. The molecule has 7 rings (SSSR count). The number of halogens is 5. The number of nitrogens with zero attached hydrogens (tertiary/aromatic N) is 5. The van der Waals surface area contributed by atoms with Gasteiger partial charge in [0.05, 0.1) is 34.5 Å². The van der Waals surface area contributed by atoms with E-state index >= 15 is 0 Å². The van der Waals surface area contributed by atoms with E-state index in [1.807, 2.05) is 12.1 Å². The van der Waals surface area contributed by atoms with Crippen molar-refractivity contribution in [2.24, 2.45) is 0 Å². The first-order chi connectivity index (χ1) is 26.0. The van der Waals surface area contributed by atoms with E-state index < -0.39 is 35.2 Å². The van der Waals surface area contributed by atoms with Crippen LogP contribution in [0.4, 0.5) is 39.3 Å². The van der Waals surface area contributed by atoms with Gasteiger partial charge >= 0.3 is 12.1 Å². The first-order valence-corrected chi connectivity index (χ1v) is 18.1. The van der Waals surface area contributed by atoms with Gasteiger partial charge in [0.25, 0.3) is 5.91 Å². The summed E-state index contributed by atoms with van der Waals surface area (Å²) in [5.74, 6) is -4.52. The Morgan fingerprint density at radius 3 is 2.44 bits per heavy atom. The van der Waals surface area contributed by atoms with Crippen molar-refractivity contribution in [3.8, 4) is 21.8 Å². The van der Waals surface area contributed by atoms with Crippen molar-refractivity contribution in [2.75, 3.05) is 50.0 Å². The lowest BCUT2D eigenvalue weighted by atomic mass is 9.99. The highest BCUT2D eigenvalue weighted by Gasteiger charge is 2.43. The first kappa shape index (κ1) is 37.0. The normalized spacial score (nSPS) is 14.8. The fourth-order valence-corrected chi connectivity index (χ4v) is 7.53. The van der Waals surface area contributed by atoms with Crippen molar-refractivity contribution in [2.45, 2.75) is 32.0 Å². The second-order valence-corrected chi connectivity index (χ2v) is 13.9. The molecule has 0 saturated carbocycles. The number of hydrogen-bond donors (Lipinski definition) is 2. The molecule has 0 radical (unpaired) electrons. The molecule has 0 atom stereocenters. The summed E-state index contributed by atoms with van der Waals surface area (Å²) in [5.41, 5.74) is 3.37. The SMILES string of the molecule is O=C(Nc1cccc(-c2nc(CCCN3CCOCC3)sc2-c2ccnc(Nc3ccc4c(c3)CN(C(=O)C(F)(F)F)CC4)n2)c1)c1c(F)cccc1F. The Kier molecular flexibility index (Phi) is 10.9. The van der Waals surface area contributed by atoms with E-state index in [0.29, 0.717) is 59.9 Å². The van der Waals surface area contributed by atoms with Gasteiger partial charge in [0.1, 0.15) is 17.2 Å². The largest absolute Gasteiger partial charge is 0.471 e. The monoisotopic (exact) mass is 763 g/mol. The van der Waals surface area contributed by atoms with Gasteiger partial charge in [0.15, 0.2) is 0 Å². The number of morpholine rings is 1. The highest BCUT2D eigenvalue weighted by Crippen LogP contribution is 2.38. The molecule has 4 heterocycles. The number of thiazole rings is 1. The third-order valence-corrected chi connectivity index (χ3v) is 10.3. The number of hydrogen-bond acceptors (Lipinski definition) is 9. The van der Waals surface area contributed by atoms with Gasteiger partial charge in [0.2, 0.25) is 5.95 Å². The van der Waals surface area contributed by atoms with Crippen LogP contribution in [-0.4, -0.2) is 82.1 Å². The van der Waals surface area contributed by atoms with Gasteiger partial charge in [0, 0.05) is 55.7 Å². The minimum Gasteiger partial charge on any atom is -0.379 e. The van der Waals surface area contributed by atoms with E-state index in [-0.39, 0.29) is 19.0 Å². The number of fused-ring (bicyclic) bond motifs is 1. The molecule has 5 aromatic rings. The highest BCUT2D eigenvalue weighted by atomic mass is 32.1. The van der Waals surface area contributed by atoms with Gasteiger partial charge < -0.3 is 20.3 Å². The maximum absolute atomic E-state index is 14.4. The molecule has 3 aromatic carbocycles. The molecule has 16 heteroatoms. The molecule has 2 aliphatic heterocycles. The summed E-state index contributed by atoms with van der Waals surface area (Å²) < 4.78 is 73.5. The molecule has 1 fully saturated rings. The third-order valence-electron chi connectivity index (χ3n) is 9.12. The van der Waals surface area contributed by atoms with E-state index in [2.05, 4.69) is 20.5 Å². The summed E-state index contributed by atoms with van der Waals surface area (Å²) in [6.07, 6.45) is -1.52. The molecular formula is C38H34F5N7O3S. The van der Waals surface area contributed by atoms with Crippen LogP contribution >= 0.6 is 11.3 Å². The van der Waals surface area contributed by atoms with Gasteiger partial charge in [-0.05, 0) is 73.0 Å². The topological polar surface area (TPSA) is 113 Å². The fraction of sp³-hybridized carbons (Fsp3) is 0.289. The zero-order valence-corrected chi connectivity index (χ0v) is 29.6. The number of aromatic nitrogens is 3. The number of ether oxygens (including phenoxy) is 1. The molecule has 0 spiro atoms. The highest BCUT2D eigenvalue weighted by molar-refractivity contribution is 7.15. The zero-order valence-electron chi connectivity index (χ0n) is 28.8. The standard InChI is InChI=1S/C38H34F5N7O3S/c39-28-6-2-7-29(40)32(28)35(51)45-26-5-1-4-24(20-26)33-34(54-31(48-33)8-3-14-49-16-18-53-19-17-49)30-11-13-44-37(47-30)46-27-10-9-23-12-15-50(22-25(23)21-27)36(52)38(41,42)43/h1-2,4-7,9-11,13,20-21H,3,8,12,14-19,22H2,(H,45,51)(H,44,46,47). The molecule has 2 aliphatic rings. The van der Waals surface area contributed by atoms with Crippen molar-refractivity contribution in [3.63, 3.8) is 0 Å². The van der Waals surface area contributed by atoms with Crippen molar-refractivity contribution < 1.29 is 36.3 Å². The number of alkyl halides is 3. The molecule has 2 aromatic heterocycles. The summed E-state index contributed by atoms with van der Waals surface area (Å²) in [6, 6.07) is 17.0. The van der Waals surface area contributed by atoms with Crippen molar-refractivity contribution in [3.05, 3.63) is 106 Å². The molecule has 0 unspecified atom stereocenters. The van der Waals surface area contributed by atoms with Crippen molar-refractivity contribution in [1.82, 2.24) is 24.8 Å². The van der Waals surface area contributed by atoms with Crippen LogP contribution in [0.25, 0.3) is 21.8 Å². The molecule has 0 aliphatic carbocycles. The van der Waals surface area contributed by atoms with Gasteiger partial charge in [-0.1, -0.05) is 24.3 Å². The van der Waals surface area contributed by atoms with Gasteiger partial charge in [-0.3, -0.25) is 14.5 Å². The quantitative estimate of drug-likeness (QED) is 0.143. The van der Waals surface area contributed by atoms with Crippen LogP contribution in [0.15, 0.2) is 72.9 Å². The Hall–Kier alpha value is -5.32. The minimum absolute atomic E-state index is 0.0188. The second-order valence-electron chi connectivity index (χ2n) is 12.8. The summed E-state index contributed by atoms with van der Waals surface area (Å²) >= 11 is 1.46. The number of carbonyl (C=O) groups excluding carboxylic acids is 2. The van der Waals surface area contributed by atoms with Crippen molar-refractivity contribution >= 4 is 40.5 Å². The lowest BCUT2D eigenvalue weighted by Gasteiger charge is -2.29. The van der Waals surface area contributed by atoms with E-state index in [9.17, 15) is 31.5 Å². The molecule has 1 saturated heterocycles.